The van der Waals surface area contributed by atoms with Crippen LogP contribution in [0.2, 0.25) is 0 Å². The van der Waals surface area contributed by atoms with Gasteiger partial charge in [0.15, 0.2) is 0 Å². The Morgan fingerprint density at radius 2 is 1.27 bits per heavy atom. The summed E-state index contributed by atoms with van der Waals surface area (Å²) in [4.78, 5) is 5.36. The number of aryl methyl sites for hydroxylation is 2. The second kappa shape index (κ2) is 8.03. The van der Waals surface area contributed by atoms with E-state index in [9.17, 15) is 0 Å². The van der Waals surface area contributed by atoms with E-state index in [2.05, 4.69) is 64.5 Å². The highest BCUT2D eigenvalue weighted by atomic mass is 79.9. The lowest BCUT2D eigenvalue weighted by atomic mass is 9.78. The van der Waals surface area contributed by atoms with E-state index in [0.29, 0.717) is 0 Å². The van der Waals surface area contributed by atoms with Gasteiger partial charge in [0.2, 0.25) is 0 Å². The van der Waals surface area contributed by atoms with Crippen LogP contribution in [0.1, 0.15) is 22.3 Å². The van der Waals surface area contributed by atoms with E-state index >= 15 is 0 Å². The van der Waals surface area contributed by atoms with Crippen molar-refractivity contribution in [1.82, 2.24) is 4.98 Å². The van der Waals surface area contributed by atoms with Crippen molar-refractivity contribution in [2.75, 3.05) is 14.2 Å². The molecule has 0 N–H and O–H groups in total. The van der Waals surface area contributed by atoms with E-state index in [1.165, 1.54) is 44.5 Å². The van der Waals surface area contributed by atoms with Crippen LogP contribution in [-0.4, -0.2) is 19.2 Å². The van der Waals surface area contributed by atoms with Gasteiger partial charge in [-0.15, -0.1) is 0 Å². The van der Waals surface area contributed by atoms with Gasteiger partial charge in [-0.3, -0.25) is 0 Å². The molecule has 0 atom stereocenters. The van der Waals surface area contributed by atoms with E-state index in [0.717, 1.165) is 53.0 Å². The van der Waals surface area contributed by atoms with Gasteiger partial charge >= 0.3 is 0 Å². The topological polar surface area (TPSA) is 31.4 Å². The summed E-state index contributed by atoms with van der Waals surface area (Å²) in [6.45, 7) is 0. The molecule has 4 aromatic rings. The van der Waals surface area contributed by atoms with Crippen molar-refractivity contribution in [1.29, 1.82) is 0 Å². The van der Waals surface area contributed by atoms with Gasteiger partial charge in [0.1, 0.15) is 11.5 Å². The summed E-state index contributed by atoms with van der Waals surface area (Å²) < 4.78 is 12.1. The normalized spacial score (nSPS) is 13.4. The van der Waals surface area contributed by atoms with Gasteiger partial charge in [-0.05, 0) is 108 Å². The molecule has 0 aliphatic heterocycles. The molecule has 0 bridgehead atoms. The number of halogens is 1. The lowest BCUT2D eigenvalue weighted by Gasteiger charge is -2.29. The number of benzene rings is 3. The van der Waals surface area contributed by atoms with Crippen LogP contribution in [0.25, 0.3) is 33.6 Å². The first-order valence-electron chi connectivity index (χ1n) is 11.3. The van der Waals surface area contributed by atoms with Gasteiger partial charge < -0.3 is 9.47 Å². The molecule has 6 rings (SSSR count). The summed E-state index contributed by atoms with van der Waals surface area (Å²) in [7, 11) is 3.45. The zero-order chi connectivity index (χ0) is 22.5. The Labute approximate surface area is 202 Å². The average molecular weight is 498 g/mol. The molecular weight excluding hydrogens is 474 g/mol. The summed E-state index contributed by atoms with van der Waals surface area (Å²) in [6, 6.07) is 21.5. The van der Waals surface area contributed by atoms with Crippen LogP contribution in [0, 0.1) is 0 Å². The number of ether oxygens (including phenoxy) is 2. The van der Waals surface area contributed by atoms with E-state index in [1.54, 1.807) is 14.2 Å². The van der Waals surface area contributed by atoms with Crippen molar-refractivity contribution in [3.8, 4) is 45.1 Å². The minimum Gasteiger partial charge on any atom is -0.497 e. The van der Waals surface area contributed by atoms with Crippen LogP contribution in [0.4, 0.5) is 0 Å². The third-order valence-corrected chi connectivity index (χ3v) is 7.43. The number of fused-ring (bicyclic) bond motifs is 6. The first-order chi connectivity index (χ1) is 16.2. The fraction of sp³-hybridized carbons (Fsp3) is 0.207. The molecule has 3 nitrogen and oxygen atoms in total. The number of hydrogen-bond acceptors (Lipinski definition) is 3. The number of aromatic nitrogens is 1. The Hall–Kier alpha value is -3.11. The average Bonchev–Trinajstić information content (AvgIpc) is 2.86. The number of rotatable bonds is 3. The third kappa shape index (κ3) is 3.36. The third-order valence-electron chi connectivity index (χ3n) is 6.94. The minimum atomic E-state index is 0.903. The Balaban J connectivity index is 1.66. The predicted octanol–water partition coefficient (Wildman–Crippen LogP) is 7.06. The van der Waals surface area contributed by atoms with Gasteiger partial charge in [0, 0.05) is 15.6 Å². The van der Waals surface area contributed by atoms with E-state index in [-0.39, 0.29) is 0 Å². The van der Waals surface area contributed by atoms with Crippen LogP contribution in [-0.2, 0) is 25.7 Å². The summed E-state index contributed by atoms with van der Waals surface area (Å²) in [5.74, 6) is 1.81. The monoisotopic (exact) mass is 497 g/mol. The first-order valence-corrected chi connectivity index (χ1v) is 12.1. The highest BCUT2D eigenvalue weighted by Crippen LogP contribution is 2.46. The summed E-state index contributed by atoms with van der Waals surface area (Å²) in [5, 5.41) is 0. The molecule has 0 saturated heterocycles. The zero-order valence-corrected chi connectivity index (χ0v) is 20.3. The van der Waals surface area contributed by atoms with Gasteiger partial charge in [0.05, 0.1) is 25.6 Å². The lowest BCUT2D eigenvalue weighted by molar-refractivity contribution is 0.414. The Morgan fingerprint density at radius 3 is 1.79 bits per heavy atom. The summed E-state index contributed by atoms with van der Waals surface area (Å²) in [5.41, 5.74) is 12.6. The molecule has 1 aromatic heterocycles. The predicted molar refractivity (Wildman–Crippen MR) is 136 cm³/mol. The van der Waals surface area contributed by atoms with Crippen molar-refractivity contribution in [2.24, 2.45) is 0 Å². The second-order valence-corrected chi connectivity index (χ2v) is 9.61. The van der Waals surface area contributed by atoms with Crippen molar-refractivity contribution in [2.45, 2.75) is 25.7 Å². The fourth-order valence-corrected chi connectivity index (χ4v) is 5.78. The molecule has 33 heavy (non-hydrogen) atoms. The standard InChI is InChI=1S/C29H24BrNO2/c1-32-21-8-12-23-17(15-21)6-10-25-27(19-4-3-5-20(30)14-19)26-11-7-18-16-22(33-2)9-13-24(18)29(26)31-28(23)25/h3-5,8-9,12-16H,6-7,10-11H2,1-2H3. The molecule has 3 aromatic carbocycles. The van der Waals surface area contributed by atoms with E-state index in [4.69, 9.17) is 14.5 Å². The SMILES string of the molecule is COc1ccc2c(c1)CCc1c-2nc2c(c1-c1cccc(Br)c1)CCc1cc(OC)ccc1-2. The zero-order valence-electron chi connectivity index (χ0n) is 18.7. The number of hydrogen-bond donors (Lipinski definition) is 0. The van der Waals surface area contributed by atoms with Crippen molar-refractivity contribution >= 4 is 15.9 Å². The molecule has 0 radical (unpaired) electrons. The smallest absolute Gasteiger partial charge is 0.119 e. The molecule has 0 unspecified atom stereocenters. The van der Waals surface area contributed by atoms with Crippen molar-refractivity contribution in [3.05, 3.63) is 87.4 Å². The van der Waals surface area contributed by atoms with Crippen molar-refractivity contribution < 1.29 is 9.47 Å². The van der Waals surface area contributed by atoms with Crippen LogP contribution in [0.3, 0.4) is 0 Å². The molecule has 0 spiro atoms. The molecule has 0 amide bonds. The molecule has 2 aliphatic carbocycles. The van der Waals surface area contributed by atoms with E-state index < -0.39 is 0 Å². The van der Waals surface area contributed by atoms with Gasteiger partial charge in [-0.2, -0.15) is 0 Å². The molecular formula is C29H24BrNO2. The second-order valence-electron chi connectivity index (χ2n) is 8.70. The van der Waals surface area contributed by atoms with Gasteiger partial charge in [-0.1, -0.05) is 28.1 Å². The summed E-state index contributed by atoms with van der Waals surface area (Å²) >= 11 is 3.69. The molecule has 1 heterocycles. The highest BCUT2D eigenvalue weighted by Gasteiger charge is 2.29. The highest BCUT2D eigenvalue weighted by molar-refractivity contribution is 9.10. The van der Waals surface area contributed by atoms with Crippen LogP contribution < -0.4 is 9.47 Å². The maximum absolute atomic E-state index is 5.50. The van der Waals surface area contributed by atoms with Gasteiger partial charge in [0.25, 0.3) is 0 Å². The quantitative estimate of drug-likeness (QED) is 0.303. The van der Waals surface area contributed by atoms with Crippen LogP contribution >= 0.6 is 15.9 Å². The first kappa shape index (κ1) is 20.5. The number of nitrogens with zero attached hydrogens (tertiary/aromatic N) is 1. The molecule has 2 aliphatic rings. The molecule has 4 heteroatoms. The fourth-order valence-electron chi connectivity index (χ4n) is 5.38. The number of methoxy groups -OCH3 is 2. The lowest BCUT2D eigenvalue weighted by Crippen LogP contribution is -2.15. The van der Waals surface area contributed by atoms with Gasteiger partial charge in [-0.25, -0.2) is 4.98 Å². The van der Waals surface area contributed by atoms with Crippen LogP contribution in [0.15, 0.2) is 65.1 Å². The van der Waals surface area contributed by atoms with E-state index in [1.807, 2.05) is 12.1 Å². The summed E-state index contributed by atoms with van der Waals surface area (Å²) in [6.07, 6.45) is 3.95. The maximum atomic E-state index is 5.50. The maximum Gasteiger partial charge on any atom is 0.119 e. The molecule has 0 saturated carbocycles. The Bertz CT molecular complexity index is 1330. The number of pyridine rings is 1. The minimum absolute atomic E-state index is 0.903. The van der Waals surface area contributed by atoms with Crippen molar-refractivity contribution in [3.63, 3.8) is 0 Å². The molecule has 164 valence electrons. The van der Waals surface area contributed by atoms with Crippen LogP contribution in [0.5, 0.6) is 11.5 Å². The Kier molecular flexibility index (Phi) is 4.99. The molecule has 0 fully saturated rings. The largest absolute Gasteiger partial charge is 0.497 e. The Morgan fingerprint density at radius 1 is 0.697 bits per heavy atom.